The second-order valence-corrected chi connectivity index (χ2v) is 10.1. The maximum absolute atomic E-state index is 13.6. The molecule has 166 valence electrons. The molecule has 0 fully saturated rings. The zero-order valence-corrected chi connectivity index (χ0v) is 20.8. The fourth-order valence-electron chi connectivity index (χ4n) is 4.27. The van der Waals surface area contributed by atoms with Crippen molar-refractivity contribution in [3.05, 3.63) is 91.6 Å². The van der Waals surface area contributed by atoms with E-state index in [0.29, 0.717) is 18.7 Å². The number of halogens is 1. The first-order valence-electron chi connectivity index (χ1n) is 10.9. The van der Waals surface area contributed by atoms with E-state index in [4.69, 9.17) is 0 Å². The Bertz CT molecular complexity index is 1110. The topological polar surface area (TPSA) is 40.6 Å². The minimum Gasteiger partial charge on any atom is -0.330 e. The molecule has 4 rings (SSSR count). The van der Waals surface area contributed by atoms with Crippen molar-refractivity contribution < 1.29 is 9.59 Å². The van der Waals surface area contributed by atoms with E-state index < -0.39 is 0 Å². The van der Waals surface area contributed by atoms with Gasteiger partial charge in [-0.3, -0.25) is 9.59 Å². The van der Waals surface area contributed by atoms with Crippen molar-refractivity contribution in [2.45, 2.75) is 32.7 Å². The van der Waals surface area contributed by atoms with E-state index >= 15 is 0 Å². The summed E-state index contributed by atoms with van der Waals surface area (Å²) in [6, 6.07) is 17.8. The number of aryl methyl sites for hydroxylation is 1. The summed E-state index contributed by atoms with van der Waals surface area (Å²) >= 11 is 5.20. The van der Waals surface area contributed by atoms with Crippen LogP contribution in [0.4, 0.5) is 0 Å². The number of hydrogen-bond acceptors (Lipinski definition) is 3. The van der Waals surface area contributed by atoms with Gasteiger partial charge in [0, 0.05) is 28.0 Å². The number of nitrogens with zero attached hydrogens (tertiary/aromatic N) is 2. The molecule has 3 aromatic rings. The van der Waals surface area contributed by atoms with E-state index in [1.165, 1.54) is 16.0 Å². The monoisotopic (exact) mass is 510 g/mol. The lowest BCUT2D eigenvalue weighted by atomic mass is 9.92. The van der Waals surface area contributed by atoms with Crippen molar-refractivity contribution >= 4 is 39.1 Å². The van der Waals surface area contributed by atoms with Crippen LogP contribution in [0.5, 0.6) is 0 Å². The Morgan fingerprint density at radius 1 is 1.16 bits per heavy atom. The highest BCUT2D eigenvalue weighted by atomic mass is 79.9. The smallest absolute Gasteiger partial charge is 0.254 e. The van der Waals surface area contributed by atoms with Crippen LogP contribution in [0.15, 0.2) is 64.5 Å². The van der Waals surface area contributed by atoms with Gasteiger partial charge in [-0.1, -0.05) is 58.7 Å². The molecular formula is C26H27BrN2O2S. The molecule has 1 aromatic heterocycles. The lowest BCUT2D eigenvalue weighted by molar-refractivity contribution is -0.134. The van der Waals surface area contributed by atoms with Crippen LogP contribution in [0.25, 0.3) is 0 Å². The van der Waals surface area contributed by atoms with Crippen molar-refractivity contribution in [1.82, 2.24) is 9.80 Å². The summed E-state index contributed by atoms with van der Waals surface area (Å²) in [5.74, 6) is -0.120. The Kier molecular flexibility index (Phi) is 7.11. The minimum atomic E-state index is -0.110. The molecule has 0 radical (unpaired) electrons. The Labute approximate surface area is 202 Å². The lowest BCUT2D eigenvalue weighted by Crippen LogP contribution is -2.47. The molecule has 2 aromatic carbocycles. The summed E-state index contributed by atoms with van der Waals surface area (Å²) < 4.78 is 0.853. The Balaban J connectivity index is 1.61. The minimum absolute atomic E-state index is 0.00998. The van der Waals surface area contributed by atoms with Gasteiger partial charge in [0.1, 0.15) is 6.54 Å². The van der Waals surface area contributed by atoms with Crippen LogP contribution in [-0.4, -0.2) is 41.2 Å². The average molecular weight is 511 g/mol. The van der Waals surface area contributed by atoms with Crippen molar-refractivity contribution in [3.63, 3.8) is 0 Å². The second kappa shape index (κ2) is 10.0. The third-order valence-corrected chi connectivity index (χ3v) is 7.35. The molecule has 1 aliphatic heterocycles. The zero-order chi connectivity index (χ0) is 22.7. The summed E-state index contributed by atoms with van der Waals surface area (Å²) in [6.45, 7) is 5.39. The van der Waals surface area contributed by atoms with Gasteiger partial charge < -0.3 is 9.80 Å². The molecule has 0 spiro atoms. The molecule has 2 heterocycles. The van der Waals surface area contributed by atoms with E-state index in [1.54, 1.807) is 22.3 Å². The first-order valence-corrected chi connectivity index (χ1v) is 12.6. The molecule has 32 heavy (non-hydrogen) atoms. The van der Waals surface area contributed by atoms with Gasteiger partial charge in [0.25, 0.3) is 5.91 Å². The average Bonchev–Trinajstić information content (AvgIpc) is 3.27. The summed E-state index contributed by atoms with van der Waals surface area (Å²) in [5.41, 5.74) is 4.11. The predicted octanol–water partition coefficient (Wildman–Crippen LogP) is 5.85. The molecule has 0 bridgehead atoms. The molecule has 0 aliphatic carbocycles. The second-order valence-electron chi connectivity index (χ2n) is 8.19. The number of amides is 2. The third kappa shape index (κ3) is 4.81. The maximum Gasteiger partial charge on any atom is 0.254 e. The van der Waals surface area contributed by atoms with Crippen molar-refractivity contribution in [1.29, 1.82) is 0 Å². The Morgan fingerprint density at radius 2 is 1.94 bits per heavy atom. The molecule has 0 saturated heterocycles. The quantitative estimate of drug-likeness (QED) is 0.417. The summed E-state index contributed by atoms with van der Waals surface area (Å²) in [5, 5.41) is 2.11. The molecule has 4 nitrogen and oxygen atoms in total. The molecule has 2 amide bonds. The van der Waals surface area contributed by atoms with Gasteiger partial charge in [0.15, 0.2) is 0 Å². The molecule has 0 N–H and O–H groups in total. The lowest BCUT2D eigenvalue weighted by Gasteiger charge is -2.37. The van der Waals surface area contributed by atoms with Crippen molar-refractivity contribution in [2.75, 3.05) is 19.6 Å². The first-order chi connectivity index (χ1) is 15.5. The number of thiophene rings is 1. The molecule has 1 atom stereocenters. The van der Waals surface area contributed by atoms with Crippen molar-refractivity contribution in [2.24, 2.45) is 0 Å². The Morgan fingerprint density at radius 3 is 2.66 bits per heavy atom. The van der Waals surface area contributed by atoms with Crippen LogP contribution in [0.1, 0.15) is 51.3 Å². The summed E-state index contributed by atoms with van der Waals surface area (Å²) in [7, 11) is 0. The molecule has 1 aliphatic rings. The highest BCUT2D eigenvalue weighted by molar-refractivity contribution is 9.10. The summed E-state index contributed by atoms with van der Waals surface area (Å²) in [4.78, 5) is 31.8. The van der Waals surface area contributed by atoms with Crippen LogP contribution in [-0.2, 0) is 11.2 Å². The van der Waals surface area contributed by atoms with E-state index in [9.17, 15) is 9.59 Å². The van der Waals surface area contributed by atoms with Gasteiger partial charge >= 0.3 is 0 Å². The molecular weight excluding hydrogens is 484 g/mol. The standard InChI is InChI=1S/C26H27BrN2O2S/c1-3-13-28(26(31)20-5-4-6-21(27)16-20)17-24(30)29-14-11-23-22(12-15-32-23)25(29)19-9-7-18(2)8-10-19/h4-10,12,15-16,25H,3,11,13-14,17H2,1-2H3. The largest absolute Gasteiger partial charge is 0.330 e. The number of carbonyl (C=O) groups is 2. The van der Waals surface area contributed by atoms with Crippen LogP contribution in [0, 0.1) is 6.92 Å². The highest BCUT2D eigenvalue weighted by Gasteiger charge is 2.34. The normalized spacial score (nSPS) is 15.3. The van der Waals surface area contributed by atoms with Crippen LogP contribution < -0.4 is 0 Å². The van der Waals surface area contributed by atoms with E-state index in [-0.39, 0.29) is 24.4 Å². The van der Waals surface area contributed by atoms with Gasteiger partial charge in [0.2, 0.25) is 5.91 Å². The number of rotatable bonds is 6. The fraction of sp³-hybridized carbons (Fsp3) is 0.308. The molecule has 1 unspecified atom stereocenters. The summed E-state index contributed by atoms with van der Waals surface area (Å²) in [6.07, 6.45) is 1.65. The zero-order valence-electron chi connectivity index (χ0n) is 18.4. The van der Waals surface area contributed by atoms with Crippen LogP contribution in [0.3, 0.4) is 0 Å². The first kappa shape index (κ1) is 22.7. The van der Waals surface area contributed by atoms with Crippen LogP contribution >= 0.6 is 27.3 Å². The van der Waals surface area contributed by atoms with Gasteiger partial charge in [-0.15, -0.1) is 11.3 Å². The molecule has 0 saturated carbocycles. The van der Waals surface area contributed by atoms with Gasteiger partial charge in [-0.25, -0.2) is 0 Å². The van der Waals surface area contributed by atoms with Crippen LogP contribution in [0.2, 0.25) is 0 Å². The fourth-order valence-corrected chi connectivity index (χ4v) is 5.58. The Hall–Kier alpha value is -2.44. The predicted molar refractivity (Wildman–Crippen MR) is 133 cm³/mol. The SMILES string of the molecule is CCCN(CC(=O)N1CCc2sccc2C1c1ccc(C)cc1)C(=O)c1cccc(Br)c1. The highest BCUT2D eigenvalue weighted by Crippen LogP contribution is 2.38. The van der Waals surface area contributed by atoms with Gasteiger partial charge in [-0.05, 0) is 60.5 Å². The van der Waals surface area contributed by atoms with Gasteiger partial charge in [0.05, 0.1) is 6.04 Å². The number of fused-ring (bicyclic) bond motifs is 1. The number of hydrogen-bond donors (Lipinski definition) is 0. The van der Waals surface area contributed by atoms with Gasteiger partial charge in [-0.2, -0.15) is 0 Å². The van der Waals surface area contributed by atoms with E-state index in [1.807, 2.05) is 30.0 Å². The number of carbonyl (C=O) groups excluding carboxylic acids is 2. The third-order valence-electron chi connectivity index (χ3n) is 5.86. The number of benzene rings is 2. The molecule has 6 heteroatoms. The van der Waals surface area contributed by atoms with E-state index in [2.05, 4.69) is 58.6 Å². The van der Waals surface area contributed by atoms with E-state index in [0.717, 1.165) is 22.9 Å². The van der Waals surface area contributed by atoms with Crippen molar-refractivity contribution in [3.8, 4) is 0 Å². The maximum atomic E-state index is 13.6.